The molecule has 0 fully saturated rings. The first-order valence-electron chi connectivity index (χ1n) is 8.97. The molecule has 1 heterocycles. The number of ether oxygens (including phenoxy) is 2. The van der Waals surface area contributed by atoms with Gasteiger partial charge in [0, 0.05) is 5.69 Å². The highest BCUT2D eigenvalue weighted by atomic mass is 16.5. The van der Waals surface area contributed by atoms with E-state index in [2.05, 4.69) is 5.32 Å². The summed E-state index contributed by atoms with van der Waals surface area (Å²) in [5.41, 5.74) is 2.81. The Labute approximate surface area is 163 Å². The molecule has 3 aromatic rings. The summed E-state index contributed by atoms with van der Waals surface area (Å²) >= 11 is 0. The zero-order chi connectivity index (χ0) is 19.9. The van der Waals surface area contributed by atoms with Crippen LogP contribution in [0.15, 0.2) is 65.3 Å². The Morgan fingerprint density at radius 3 is 2.50 bits per heavy atom. The van der Waals surface area contributed by atoms with Gasteiger partial charge in [0.15, 0.2) is 5.76 Å². The Morgan fingerprint density at radius 1 is 1.07 bits per heavy atom. The summed E-state index contributed by atoms with van der Waals surface area (Å²) in [4.78, 5) is 11.9. The fourth-order valence-corrected chi connectivity index (χ4v) is 2.62. The Morgan fingerprint density at radius 2 is 1.82 bits per heavy atom. The molecule has 0 spiro atoms. The number of anilines is 1. The van der Waals surface area contributed by atoms with Crippen molar-refractivity contribution in [1.82, 2.24) is 0 Å². The zero-order valence-corrected chi connectivity index (χ0v) is 15.8. The molecule has 0 radical (unpaired) electrons. The van der Waals surface area contributed by atoms with Gasteiger partial charge in [-0.1, -0.05) is 17.7 Å². The highest BCUT2D eigenvalue weighted by Crippen LogP contribution is 2.19. The van der Waals surface area contributed by atoms with Crippen molar-refractivity contribution in [2.45, 2.75) is 20.0 Å². The van der Waals surface area contributed by atoms with Crippen molar-refractivity contribution in [2.24, 2.45) is 0 Å². The van der Waals surface area contributed by atoms with Gasteiger partial charge < -0.3 is 24.3 Å². The first-order valence-corrected chi connectivity index (χ1v) is 8.97. The molecule has 0 bridgehead atoms. The summed E-state index contributed by atoms with van der Waals surface area (Å²) in [6.45, 7) is 4.23. The fourth-order valence-electron chi connectivity index (χ4n) is 2.62. The molecule has 2 N–H and O–H groups in total. The van der Waals surface area contributed by atoms with Gasteiger partial charge in [-0.25, -0.2) is 0 Å². The van der Waals surface area contributed by atoms with E-state index < -0.39 is 6.10 Å². The minimum absolute atomic E-state index is 0.100. The number of rotatable bonds is 8. The number of aryl methyl sites for hydroxylation is 2. The van der Waals surface area contributed by atoms with Crippen LogP contribution in [-0.2, 0) is 0 Å². The van der Waals surface area contributed by atoms with Gasteiger partial charge in [-0.2, -0.15) is 0 Å². The van der Waals surface area contributed by atoms with Crippen LogP contribution in [-0.4, -0.2) is 30.3 Å². The number of amides is 1. The van der Waals surface area contributed by atoms with E-state index in [9.17, 15) is 9.90 Å². The third-order valence-electron chi connectivity index (χ3n) is 4.06. The van der Waals surface area contributed by atoms with Crippen LogP contribution in [0.3, 0.4) is 0 Å². The molecule has 2 aromatic carbocycles. The highest BCUT2D eigenvalue weighted by Gasteiger charge is 2.10. The van der Waals surface area contributed by atoms with Gasteiger partial charge in [0.25, 0.3) is 5.91 Å². The quantitative estimate of drug-likeness (QED) is 0.617. The number of carbonyl (C=O) groups excluding carboxylic acids is 1. The maximum atomic E-state index is 11.9. The highest BCUT2D eigenvalue weighted by molar-refractivity contribution is 6.02. The molecule has 28 heavy (non-hydrogen) atoms. The second kappa shape index (κ2) is 9.10. The van der Waals surface area contributed by atoms with Gasteiger partial charge in [-0.3, -0.25) is 4.79 Å². The lowest BCUT2D eigenvalue weighted by atomic mass is 10.1. The van der Waals surface area contributed by atoms with Crippen molar-refractivity contribution >= 4 is 11.6 Å². The van der Waals surface area contributed by atoms with Crippen molar-refractivity contribution in [2.75, 3.05) is 18.5 Å². The lowest BCUT2D eigenvalue weighted by Gasteiger charge is -2.15. The number of benzene rings is 2. The van der Waals surface area contributed by atoms with Gasteiger partial charge in [0.05, 0.1) is 6.26 Å². The first kappa shape index (κ1) is 19.5. The minimum Gasteiger partial charge on any atom is -0.491 e. The summed E-state index contributed by atoms with van der Waals surface area (Å²) in [5, 5.41) is 12.8. The number of hydrogen-bond acceptors (Lipinski definition) is 5. The predicted octanol–water partition coefficient (Wildman–Crippen LogP) is 3.97. The maximum Gasteiger partial charge on any atom is 0.291 e. The third-order valence-corrected chi connectivity index (χ3v) is 4.06. The molecule has 3 rings (SSSR count). The summed E-state index contributed by atoms with van der Waals surface area (Å²) < 4.78 is 16.3. The van der Waals surface area contributed by atoms with E-state index in [1.165, 1.54) is 6.26 Å². The van der Waals surface area contributed by atoms with E-state index >= 15 is 0 Å². The van der Waals surface area contributed by atoms with Crippen molar-refractivity contribution < 1.29 is 23.8 Å². The van der Waals surface area contributed by atoms with Gasteiger partial charge in [0.2, 0.25) is 0 Å². The van der Waals surface area contributed by atoms with Crippen LogP contribution in [0.5, 0.6) is 11.5 Å². The Kier molecular flexibility index (Phi) is 6.34. The molecule has 6 heteroatoms. The van der Waals surface area contributed by atoms with Crippen LogP contribution in [0.2, 0.25) is 0 Å². The molecule has 1 unspecified atom stereocenters. The molecule has 0 aliphatic heterocycles. The predicted molar refractivity (Wildman–Crippen MR) is 106 cm³/mol. The first-order chi connectivity index (χ1) is 13.5. The molecule has 1 atom stereocenters. The molecule has 0 aliphatic rings. The number of nitrogens with one attached hydrogen (secondary N) is 1. The smallest absolute Gasteiger partial charge is 0.291 e. The Bertz CT molecular complexity index is 903. The second-order valence-electron chi connectivity index (χ2n) is 6.50. The van der Waals surface area contributed by atoms with Crippen LogP contribution in [0, 0.1) is 13.8 Å². The normalized spacial score (nSPS) is 11.7. The number of furan rings is 1. The Balaban J connectivity index is 1.44. The largest absolute Gasteiger partial charge is 0.491 e. The number of hydrogen-bond donors (Lipinski definition) is 2. The SMILES string of the molecule is Cc1ccc(OCC(O)COc2ccc(NC(=O)c3ccco3)cc2)c(C)c1. The van der Waals surface area contributed by atoms with Crippen LogP contribution in [0.1, 0.15) is 21.7 Å². The van der Waals surface area contributed by atoms with E-state index in [-0.39, 0.29) is 24.9 Å². The van der Waals surface area contributed by atoms with Crippen LogP contribution < -0.4 is 14.8 Å². The average Bonchev–Trinajstić information content (AvgIpc) is 3.22. The number of aliphatic hydroxyl groups excluding tert-OH is 1. The van der Waals surface area contributed by atoms with E-state index in [0.29, 0.717) is 11.4 Å². The molecule has 0 aliphatic carbocycles. The molecule has 0 saturated carbocycles. The van der Waals surface area contributed by atoms with Crippen molar-refractivity contribution in [3.8, 4) is 11.5 Å². The van der Waals surface area contributed by atoms with E-state index in [1.54, 1.807) is 36.4 Å². The van der Waals surface area contributed by atoms with Gasteiger partial charge in [0.1, 0.15) is 30.8 Å². The van der Waals surface area contributed by atoms with Gasteiger partial charge >= 0.3 is 0 Å². The second-order valence-corrected chi connectivity index (χ2v) is 6.50. The molecule has 1 aromatic heterocycles. The number of aliphatic hydroxyl groups is 1. The zero-order valence-electron chi connectivity index (χ0n) is 15.8. The van der Waals surface area contributed by atoms with Crippen LogP contribution >= 0.6 is 0 Å². The summed E-state index contributed by atoms with van der Waals surface area (Å²) in [6, 6.07) is 16.0. The molecule has 0 saturated heterocycles. The maximum absolute atomic E-state index is 11.9. The lowest BCUT2D eigenvalue weighted by molar-refractivity contribution is 0.0624. The standard InChI is InChI=1S/C22H23NO5/c1-15-5-10-20(16(2)12-15)28-14-18(24)13-27-19-8-6-17(7-9-19)23-22(25)21-4-3-11-26-21/h3-12,18,24H,13-14H2,1-2H3,(H,23,25). The third kappa shape index (κ3) is 5.37. The molecule has 1 amide bonds. The topological polar surface area (TPSA) is 80.9 Å². The number of carbonyl (C=O) groups is 1. The van der Waals surface area contributed by atoms with E-state index in [1.807, 2.05) is 32.0 Å². The van der Waals surface area contributed by atoms with Crippen molar-refractivity contribution in [1.29, 1.82) is 0 Å². The van der Waals surface area contributed by atoms with Crippen molar-refractivity contribution in [3.63, 3.8) is 0 Å². The summed E-state index contributed by atoms with van der Waals surface area (Å²) in [6.07, 6.45) is 0.681. The van der Waals surface area contributed by atoms with Crippen LogP contribution in [0.25, 0.3) is 0 Å². The van der Waals surface area contributed by atoms with Crippen molar-refractivity contribution in [3.05, 3.63) is 77.7 Å². The Hall–Kier alpha value is -3.25. The summed E-state index contributed by atoms with van der Waals surface area (Å²) in [5.74, 6) is 1.26. The van der Waals surface area contributed by atoms with E-state index in [0.717, 1.165) is 16.9 Å². The summed E-state index contributed by atoms with van der Waals surface area (Å²) in [7, 11) is 0. The fraction of sp³-hybridized carbons (Fsp3) is 0.227. The van der Waals surface area contributed by atoms with E-state index in [4.69, 9.17) is 13.9 Å². The van der Waals surface area contributed by atoms with Gasteiger partial charge in [-0.05, 0) is 61.9 Å². The minimum atomic E-state index is -0.765. The average molecular weight is 381 g/mol. The van der Waals surface area contributed by atoms with Gasteiger partial charge in [-0.15, -0.1) is 0 Å². The molecule has 146 valence electrons. The lowest BCUT2D eigenvalue weighted by Crippen LogP contribution is -2.25. The molecular formula is C22H23NO5. The monoisotopic (exact) mass is 381 g/mol. The van der Waals surface area contributed by atoms with Crippen LogP contribution in [0.4, 0.5) is 5.69 Å². The molecular weight excluding hydrogens is 358 g/mol. The molecule has 6 nitrogen and oxygen atoms in total.